The standard InChI is InChI=1S/C16H27N3OS/c1-5-17-13-7-6-12(10(2)3)9-14(13)21-16-18-11(4)8-15(20)19-16/h8,10,12-14,17H,5-7,9H2,1-4H3,(H,18,19,20). The summed E-state index contributed by atoms with van der Waals surface area (Å²) in [5.74, 6) is 1.49. The van der Waals surface area contributed by atoms with E-state index < -0.39 is 0 Å². The second-order valence-electron chi connectivity index (χ2n) is 6.33. The van der Waals surface area contributed by atoms with Crippen molar-refractivity contribution in [1.29, 1.82) is 0 Å². The Labute approximate surface area is 131 Å². The van der Waals surface area contributed by atoms with Gasteiger partial charge < -0.3 is 10.3 Å². The molecule has 1 heterocycles. The number of aryl methyl sites for hydroxylation is 1. The molecule has 2 rings (SSSR count). The lowest BCUT2D eigenvalue weighted by molar-refractivity contribution is 0.247. The minimum absolute atomic E-state index is 0.0544. The molecule has 1 fully saturated rings. The zero-order valence-corrected chi connectivity index (χ0v) is 14.3. The number of H-pyrrole nitrogens is 1. The zero-order valence-electron chi connectivity index (χ0n) is 13.5. The summed E-state index contributed by atoms with van der Waals surface area (Å²) < 4.78 is 0. The smallest absolute Gasteiger partial charge is 0.251 e. The molecule has 3 unspecified atom stereocenters. The van der Waals surface area contributed by atoms with Crippen LogP contribution in [-0.2, 0) is 0 Å². The molecule has 4 nitrogen and oxygen atoms in total. The topological polar surface area (TPSA) is 57.8 Å². The lowest BCUT2D eigenvalue weighted by Crippen LogP contribution is -2.43. The van der Waals surface area contributed by atoms with Gasteiger partial charge in [0, 0.05) is 23.1 Å². The Morgan fingerprint density at radius 2 is 2.24 bits per heavy atom. The van der Waals surface area contributed by atoms with Gasteiger partial charge in [0.1, 0.15) is 0 Å². The Balaban J connectivity index is 2.13. The quantitative estimate of drug-likeness (QED) is 0.821. The molecule has 21 heavy (non-hydrogen) atoms. The van der Waals surface area contributed by atoms with Crippen LogP contribution >= 0.6 is 11.8 Å². The minimum atomic E-state index is -0.0544. The Hall–Kier alpha value is -0.810. The fraction of sp³-hybridized carbons (Fsp3) is 0.750. The van der Waals surface area contributed by atoms with E-state index in [0.29, 0.717) is 11.3 Å². The first-order valence-electron chi connectivity index (χ1n) is 7.97. The zero-order chi connectivity index (χ0) is 15.4. The lowest BCUT2D eigenvalue weighted by atomic mass is 9.79. The molecule has 3 atom stereocenters. The molecule has 0 spiro atoms. The van der Waals surface area contributed by atoms with Gasteiger partial charge in [-0.25, -0.2) is 4.98 Å². The van der Waals surface area contributed by atoms with Crippen molar-refractivity contribution in [3.8, 4) is 0 Å². The highest BCUT2D eigenvalue weighted by atomic mass is 32.2. The van der Waals surface area contributed by atoms with Crippen molar-refractivity contribution < 1.29 is 0 Å². The highest BCUT2D eigenvalue weighted by molar-refractivity contribution is 7.99. The van der Waals surface area contributed by atoms with Gasteiger partial charge in [0.2, 0.25) is 0 Å². The Morgan fingerprint density at radius 3 is 2.86 bits per heavy atom. The fourth-order valence-corrected chi connectivity index (χ4v) is 4.53. The molecule has 118 valence electrons. The molecule has 0 radical (unpaired) electrons. The number of hydrogen-bond donors (Lipinski definition) is 2. The van der Waals surface area contributed by atoms with Gasteiger partial charge in [-0.1, -0.05) is 32.5 Å². The normalized spacial score (nSPS) is 26.2. The summed E-state index contributed by atoms with van der Waals surface area (Å²) in [6.45, 7) is 9.65. The number of rotatable bonds is 5. The highest BCUT2D eigenvalue weighted by Gasteiger charge is 2.32. The van der Waals surface area contributed by atoms with Gasteiger partial charge in [-0.05, 0) is 44.6 Å². The van der Waals surface area contributed by atoms with Gasteiger partial charge >= 0.3 is 0 Å². The van der Waals surface area contributed by atoms with Crippen molar-refractivity contribution in [3.63, 3.8) is 0 Å². The van der Waals surface area contributed by atoms with E-state index in [1.807, 2.05) is 6.92 Å². The molecule has 1 aliphatic carbocycles. The van der Waals surface area contributed by atoms with Crippen LogP contribution in [0.4, 0.5) is 0 Å². The van der Waals surface area contributed by atoms with Crippen molar-refractivity contribution >= 4 is 11.8 Å². The Morgan fingerprint density at radius 1 is 1.48 bits per heavy atom. The molecule has 0 aromatic carbocycles. The molecule has 0 amide bonds. The molecule has 0 saturated heterocycles. The number of aromatic amines is 1. The van der Waals surface area contributed by atoms with Gasteiger partial charge in [-0.2, -0.15) is 0 Å². The largest absolute Gasteiger partial charge is 0.313 e. The molecule has 2 N–H and O–H groups in total. The first kappa shape index (κ1) is 16.6. The van der Waals surface area contributed by atoms with Crippen molar-refractivity contribution in [2.45, 2.75) is 63.4 Å². The third-order valence-corrected chi connectivity index (χ3v) is 5.59. The summed E-state index contributed by atoms with van der Waals surface area (Å²) in [6, 6.07) is 2.06. The van der Waals surface area contributed by atoms with Gasteiger partial charge in [0.25, 0.3) is 5.56 Å². The van der Waals surface area contributed by atoms with E-state index in [0.717, 1.165) is 29.2 Å². The summed E-state index contributed by atoms with van der Waals surface area (Å²) in [5.41, 5.74) is 0.735. The van der Waals surface area contributed by atoms with E-state index in [2.05, 4.69) is 36.1 Å². The van der Waals surface area contributed by atoms with Gasteiger partial charge in [-0.15, -0.1) is 0 Å². The van der Waals surface area contributed by atoms with Crippen LogP contribution in [-0.4, -0.2) is 27.8 Å². The van der Waals surface area contributed by atoms with Crippen LogP contribution < -0.4 is 10.9 Å². The third-order valence-electron chi connectivity index (χ3n) is 4.35. The van der Waals surface area contributed by atoms with Gasteiger partial charge in [0.15, 0.2) is 5.16 Å². The van der Waals surface area contributed by atoms with Gasteiger partial charge in [0.05, 0.1) is 0 Å². The summed E-state index contributed by atoms with van der Waals surface area (Å²) >= 11 is 1.73. The van der Waals surface area contributed by atoms with Crippen LogP contribution in [0.15, 0.2) is 16.0 Å². The van der Waals surface area contributed by atoms with Gasteiger partial charge in [-0.3, -0.25) is 4.79 Å². The van der Waals surface area contributed by atoms with Crippen molar-refractivity contribution in [2.75, 3.05) is 6.54 Å². The molecule has 5 heteroatoms. The van der Waals surface area contributed by atoms with E-state index in [1.54, 1.807) is 17.8 Å². The number of aromatic nitrogens is 2. The predicted molar refractivity (Wildman–Crippen MR) is 88.9 cm³/mol. The summed E-state index contributed by atoms with van der Waals surface area (Å²) in [6.07, 6.45) is 3.70. The monoisotopic (exact) mass is 309 g/mol. The fourth-order valence-electron chi connectivity index (χ4n) is 3.14. The molecule has 1 aromatic rings. The number of nitrogens with one attached hydrogen (secondary N) is 2. The van der Waals surface area contributed by atoms with Crippen molar-refractivity contribution in [2.24, 2.45) is 11.8 Å². The number of nitrogens with zero attached hydrogens (tertiary/aromatic N) is 1. The molecule has 0 aliphatic heterocycles. The number of hydrogen-bond acceptors (Lipinski definition) is 4. The van der Waals surface area contributed by atoms with Crippen LogP contribution in [0.5, 0.6) is 0 Å². The second kappa shape index (κ2) is 7.45. The van der Waals surface area contributed by atoms with Crippen molar-refractivity contribution in [3.05, 3.63) is 22.1 Å². The summed E-state index contributed by atoms with van der Waals surface area (Å²) in [7, 11) is 0. The maximum atomic E-state index is 11.6. The lowest BCUT2D eigenvalue weighted by Gasteiger charge is -2.37. The average molecular weight is 309 g/mol. The maximum absolute atomic E-state index is 11.6. The van der Waals surface area contributed by atoms with Crippen molar-refractivity contribution in [1.82, 2.24) is 15.3 Å². The molecule has 1 aromatic heterocycles. The third kappa shape index (κ3) is 4.58. The molecule has 0 bridgehead atoms. The molecule has 1 aliphatic rings. The van der Waals surface area contributed by atoms with E-state index in [1.165, 1.54) is 19.3 Å². The number of thioether (sulfide) groups is 1. The van der Waals surface area contributed by atoms with Crippen LogP contribution in [0.25, 0.3) is 0 Å². The average Bonchev–Trinajstić information content (AvgIpc) is 2.39. The molecular weight excluding hydrogens is 282 g/mol. The van der Waals surface area contributed by atoms with E-state index >= 15 is 0 Å². The van der Waals surface area contributed by atoms with E-state index in [-0.39, 0.29) is 5.56 Å². The van der Waals surface area contributed by atoms with Crippen LogP contribution in [0.2, 0.25) is 0 Å². The van der Waals surface area contributed by atoms with E-state index in [9.17, 15) is 4.79 Å². The summed E-state index contributed by atoms with van der Waals surface area (Å²) in [4.78, 5) is 19.0. The predicted octanol–water partition coefficient (Wildman–Crippen LogP) is 2.97. The Bertz CT molecular complexity index is 514. The summed E-state index contributed by atoms with van der Waals surface area (Å²) in [5, 5.41) is 4.85. The SMILES string of the molecule is CCNC1CCC(C(C)C)CC1Sc1nc(C)cc(=O)[nH]1. The molecule has 1 saturated carbocycles. The van der Waals surface area contributed by atoms with Crippen LogP contribution in [0.3, 0.4) is 0 Å². The first-order valence-corrected chi connectivity index (χ1v) is 8.85. The van der Waals surface area contributed by atoms with E-state index in [4.69, 9.17) is 0 Å². The molecular formula is C16H27N3OS. The second-order valence-corrected chi connectivity index (χ2v) is 7.56. The van der Waals surface area contributed by atoms with Crippen LogP contribution in [0, 0.1) is 18.8 Å². The first-order chi connectivity index (χ1) is 9.99. The maximum Gasteiger partial charge on any atom is 0.251 e. The highest BCUT2D eigenvalue weighted by Crippen LogP contribution is 2.38. The Kier molecular flexibility index (Phi) is 5.88. The van der Waals surface area contributed by atoms with Crippen LogP contribution in [0.1, 0.15) is 45.7 Å². The minimum Gasteiger partial charge on any atom is -0.313 e.